The second kappa shape index (κ2) is 10.9. The Balaban J connectivity index is 2.00. The summed E-state index contributed by atoms with van der Waals surface area (Å²) in [5, 5.41) is 2.96. The van der Waals surface area contributed by atoms with E-state index >= 15 is 0 Å². The van der Waals surface area contributed by atoms with Crippen LogP contribution in [-0.2, 0) is 14.8 Å². The Morgan fingerprint density at radius 2 is 1.58 bits per heavy atom. The molecule has 0 aromatic heterocycles. The lowest BCUT2D eigenvalue weighted by Gasteiger charge is -2.27. The number of nitrogens with one attached hydrogen (secondary N) is 1. The highest BCUT2D eigenvalue weighted by Gasteiger charge is 2.30. The quantitative estimate of drug-likeness (QED) is 0.483. The molecule has 0 unspecified atom stereocenters. The van der Waals surface area contributed by atoms with Gasteiger partial charge in [0, 0.05) is 6.07 Å². The minimum atomic E-state index is -4.08. The Morgan fingerprint density at radius 3 is 2.15 bits per heavy atom. The third-order valence-corrected chi connectivity index (χ3v) is 6.99. The molecular formula is C25H28N2O5S. The molecule has 0 aliphatic carbocycles. The van der Waals surface area contributed by atoms with Crippen molar-refractivity contribution in [2.75, 3.05) is 25.1 Å². The summed E-state index contributed by atoms with van der Waals surface area (Å²) >= 11 is 0. The van der Waals surface area contributed by atoms with Crippen LogP contribution in [0.4, 0.5) is 5.69 Å². The maximum atomic E-state index is 13.6. The zero-order valence-electron chi connectivity index (χ0n) is 18.9. The summed E-state index contributed by atoms with van der Waals surface area (Å²) in [5.41, 5.74) is 1.16. The summed E-state index contributed by atoms with van der Waals surface area (Å²) in [6.07, 6.45) is 0.656. The molecule has 0 heterocycles. The lowest BCUT2D eigenvalue weighted by Crippen LogP contribution is -2.42. The van der Waals surface area contributed by atoms with Crippen molar-refractivity contribution in [3.8, 4) is 11.5 Å². The number of amides is 1. The van der Waals surface area contributed by atoms with Gasteiger partial charge >= 0.3 is 0 Å². The number of hydrogen-bond acceptors (Lipinski definition) is 5. The normalized spacial score (nSPS) is 12.0. The van der Waals surface area contributed by atoms with Crippen molar-refractivity contribution in [2.45, 2.75) is 24.3 Å². The van der Waals surface area contributed by atoms with E-state index in [1.807, 2.05) is 37.3 Å². The van der Waals surface area contributed by atoms with E-state index in [0.29, 0.717) is 17.9 Å². The molecule has 1 N–H and O–H groups in total. The molecule has 1 amide bonds. The van der Waals surface area contributed by atoms with Gasteiger partial charge in [-0.25, -0.2) is 8.42 Å². The monoisotopic (exact) mass is 468 g/mol. The Bertz CT molecular complexity index is 1170. The molecule has 33 heavy (non-hydrogen) atoms. The largest absolute Gasteiger partial charge is 0.497 e. The van der Waals surface area contributed by atoms with E-state index in [9.17, 15) is 13.2 Å². The summed E-state index contributed by atoms with van der Waals surface area (Å²) < 4.78 is 39.0. The molecule has 8 heteroatoms. The van der Waals surface area contributed by atoms with E-state index in [4.69, 9.17) is 9.47 Å². The van der Waals surface area contributed by atoms with Crippen molar-refractivity contribution in [2.24, 2.45) is 0 Å². The van der Waals surface area contributed by atoms with Crippen LogP contribution in [0.1, 0.15) is 24.9 Å². The van der Waals surface area contributed by atoms with Crippen LogP contribution in [0.15, 0.2) is 83.8 Å². The van der Waals surface area contributed by atoms with Gasteiger partial charge in [-0.15, -0.1) is 0 Å². The molecule has 1 atom stereocenters. The molecule has 0 radical (unpaired) electrons. The van der Waals surface area contributed by atoms with Crippen LogP contribution < -0.4 is 19.1 Å². The molecule has 0 aliphatic heterocycles. The van der Waals surface area contributed by atoms with Crippen LogP contribution >= 0.6 is 0 Å². The van der Waals surface area contributed by atoms with E-state index in [2.05, 4.69) is 5.32 Å². The fraction of sp³-hybridized carbons (Fsp3) is 0.240. The molecule has 0 fully saturated rings. The lowest BCUT2D eigenvalue weighted by molar-refractivity contribution is -0.120. The molecule has 0 aliphatic rings. The standard InChI is InChI=1S/C25H28N2O5S/c1-4-22(19-11-7-5-8-12-19)26-25(28)18-27(33(29,30)21-13-9-6-10-14-21)23-17-20(31-2)15-16-24(23)32-3/h5-17,22H,4,18H2,1-3H3,(H,26,28)/t22-/m0/s1. The van der Waals surface area contributed by atoms with Crippen molar-refractivity contribution in [1.29, 1.82) is 0 Å². The molecule has 3 rings (SSSR count). The van der Waals surface area contributed by atoms with Crippen LogP contribution in [0.2, 0.25) is 0 Å². The van der Waals surface area contributed by atoms with Gasteiger partial charge in [0.2, 0.25) is 5.91 Å². The number of carbonyl (C=O) groups excluding carboxylic acids is 1. The van der Waals surface area contributed by atoms with Crippen LogP contribution in [0, 0.1) is 0 Å². The van der Waals surface area contributed by atoms with Gasteiger partial charge in [0.05, 0.1) is 30.8 Å². The minimum Gasteiger partial charge on any atom is -0.497 e. The van der Waals surface area contributed by atoms with E-state index in [1.54, 1.807) is 36.4 Å². The van der Waals surface area contributed by atoms with Crippen molar-refractivity contribution in [3.63, 3.8) is 0 Å². The lowest BCUT2D eigenvalue weighted by atomic mass is 10.0. The molecular weight excluding hydrogens is 440 g/mol. The van der Waals surface area contributed by atoms with E-state index in [-0.39, 0.29) is 16.6 Å². The number of nitrogens with zero attached hydrogens (tertiary/aromatic N) is 1. The van der Waals surface area contributed by atoms with Crippen molar-refractivity contribution >= 4 is 21.6 Å². The van der Waals surface area contributed by atoms with Crippen molar-refractivity contribution in [3.05, 3.63) is 84.4 Å². The minimum absolute atomic E-state index is 0.0674. The first-order chi connectivity index (χ1) is 15.9. The number of carbonyl (C=O) groups is 1. The van der Waals surface area contributed by atoms with Gasteiger partial charge < -0.3 is 14.8 Å². The van der Waals surface area contributed by atoms with Crippen LogP contribution in [0.5, 0.6) is 11.5 Å². The molecule has 3 aromatic carbocycles. The van der Waals surface area contributed by atoms with Gasteiger partial charge in [0.1, 0.15) is 18.0 Å². The Morgan fingerprint density at radius 1 is 0.939 bits per heavy atom. The molecule has 0 bridgehead atoms. The van der Waals surface area contributed by atoms with Gasteiger partial charge in [0.15, 0.2) is 0 Å². The first-order valence-corrected chi connectivity index (χ1v) is 12.0. The maximum absolute atomic E-state index is 13.6. The Kier molecular flexibility index (Phi) is 7.95. The van der Waals surface area contributed by atoms with Gasteiger partial charge in [0.25, 0.3) is 10.0 Å². The van der Waals surface area contributed by atoms with Crippen molar-refractivity contribution in [1.82, 2.24) is 5.32 Å². The van der Waals surface area contributed by atoms with Crippen LogP contribution in [-0.4, -0.2) is 35.1 Å². The average Bonchev–Trinajstić information content (AvgIpc) is 2.86. The fourth-order valence-electron chi connectivity index (χ4n) is 3.49. The SMILES string of the molecule is CC[C@H](NC(=O)CN(c1cc(OC)ccc1OC)S(=O)(=O)c1ccccc1)c1ccccc1. The number of hydrogen-bond donors (Lipinski definition) is 1. The highest BCUT2D eigenvalue weighted by Crippen LogP contribution is 2.35. The van der Waals surface area contributed by atoms with Crippen LogP contribution in [0.25, 0.3) is 0 Å². The Labute approximate surface area is 195 Å². The Hall–Kier alpha value is -3.52. The number of ether oxygens (including phenoxy) is 2. The molecule has 0 saturated carbocycles. The number of methoxy groups -OCH3 is 2. The summed E-state index contributed by atoms with van der Waals surface area (Å²) in [4.78, 5) is 13.2. The summed E-state index contributed by atoms with van der Waals surface area (Å²) in [5.74, 6) is 0.309. The number of sulfonamides is 1. The molecule has 0 saturated heterocycles. The van der Waals surface area contributed by atoms with Crippen LogP contribution in [0.3, 0.4) is 0 Å². The average molecular weight is 469 g/mol. The van der Waals surface area contributed by atoms with E-state index in [1.165, 1.54) is 26.4 Å². The van der Waals surface area contributed by atoms with E-state index in [0.717, 1.165) is 9.87 Å². The second-order valence-electron chi connectivity index (χ2n) is 7.30. The van der Waals surface area contributed by atoms with E-state index < -0.39 is 22.5 Å². The summed E-state index contributed by atoms with van der Waals surface area (Å²) in [6, 6.07) is 22.1. The predicted molar refractivity (Wildman–Crippen MR) is 128 cm³/mol. The number of anilines is 1. The van der Waals surface area contributed by atoms with Gasteiger partial charge in [-0.3, -0.25) is 9.10 Å². The highest BCUT2D eigenvalue weighted by molar-refractivity contribution is 7.92. The molecule has 174 valence electrons. The van der Waals surface area contributed by atoms with Gasteiger partial charge in [-0.2, -0.15) is 0 Å². The van der Waals surface area contributed by atoms with Gasteiger partial charge in [-0.05, 0) is 36.2 Å². The third-order valence-electron chi connectivity index (χ3n) is 5.22. The summed E-state index contributed by atoms with van der Waals surface area (Å²) in [7, 11) is -1.15. The first kappa shape index (κ1) is 24.1. The zero-order chi connectivity index (χ0) is 23.8. The maximum Gasteiger partial charge on any atom is 0.264 e. The topological polar surface area (TPSA) is 84.9 Å². The molecule has 7 nitrogen and oxygen atoms in total. The zero-order valence-corrected chi connectivity index (χ0v) is 19.7. The summed E-state index contributed by atoms with van der Waals surface area (Å²) in [6.45, 7) is 1.53. The smallest absolute Gasteiger partial charge is 0.264 e. The predicted octanol–water partition coefficient (Wildman–Crippen LogP) is 4.17. The fourth-order valence-corrected chi connectivity index (χ4v) is 4.93. The first-order valence-electron chi connectivity index (χ1n) is 10.5. The molecule has 3 aromatic rings. The second-order valence-corrected chi connectivity index (χ2v) is 9.16. The number of rotatable bonds is 10. The van der Waals surface area contributed by atoms with Crippen molar-refractivity contribution < 1.29 is 22.7 Å². The molecule has 0 spiro atoms. The number of benzene rings is 3. The third kappa shape index (κ3) is 5.64. The van der Waals surface area contributed by atoms with Gasteiger partial charge in [-0.1, -0.05) is 55.5 Å². The highest BCUT2D eigenvalue weighted by atomic mass is 32.2.